The molecular weight excluding hydrogens is 560 g/mol. The fourth-order valence-corrected chi connectivity index (χ4v) is 9.46. The highest BCUT2D eigenvalue weighted by atomic mass is 15.3. The van der Waals surface area contributed by atoms with Crippen molar-refractivity contribution in [2.45, 2.75) is 87.1 Å². The number of nitrogens with one attached hydrogen (secondary N) is 2. The van der Waals surface area contributed by atoms with Crippen molar-refractivity contribution in [1.82, 2.24) is 20.4 Å². The smallest absolute Gasteiger partial charge is 0.0604 e. The van der Waals surface area contributed by atoms with Crippen LogP contribution >= 0.6 is 0 Å². The van der Waals surface area contributed by atoms with Crippen LogP contribution in [0.4, 0.5) is 0 Å². The fraction of sp³-hybridized carbons (Fsp3) is 0.429. The first-order valence-electron chi connectivity index (χ1n) is 18.1. The molecule has 0 saturated carbocycles. The van der Waals surface area contributed by atoms with Crippen LogP contribution in [0.5, 0.6) is 0 Å². The van der Waals surface area contributed by atoms with Crippen LogP contribution < -0.4 is 10.6 Å². The molecular formula is C42H50N4. The topological polar surface area (TPSA) is 30.5 Å². The minimum atomic E-state index is 0.300. The molecule has 0 spiro atoms. The molecule has 4 aliphatic heterocycles. The second kappa shape index (κ2) is 13.8. The quantitative estimate of drug-likeness (QED) is 0.225. The van der Waals surface area contributed by atoms with Crippen LogP contribution in [0, 0.1) is 0 Å². The average Bonchev–Trinajstić information content (AvgIpc) is 3.51. The molecule has 4 saturated heterocycles. The van der Waals surface area contributed by atoms with Gasteiger partial charge < -0.3 is 10.6 Å². The van der Waals surface area contributed by atoms with Gasteiger partial charge in [-0.1, -0.05) is 122 Å². The molecule has 0 bridgehead atoms. The molecule has 8 rings (SSSR count). The van der Waals surface area contributed by atoms with E-state index >= 15 is 0 Å². The first-order chi connectivity index (χ1) is 22.8. The van der Waals surface area contributed by atoms with Gasteiger partial charge in [-0.05, 0) is 78.8 Å². The van der Waals surface area contributed by atoms with E-state index in [0.717, 1.165) is 13.1 Å². The number of hydrogen-bond donors (Lipinski definition) is 2. The van der Waals surface area contributed by atoms with Crippen molar-refractivity contribution in [2.24, 2.45) is 0 Å². The van der Waals surface area contributed by atoms with Crippen molar-refractivity contribution < 1.29 is 0 Å². The van der Waals surface area contributed by atoms with Crippen molar-refractivity contribution in [1.29, 1.82) is 0 Å². The Labute approximate surface area is 276 Å². The van der Waals surface area contributed by atoms with E-state index in [-0.39, 0.29) is 0 Å². The Morgan fingerprint density at radius 1 is 0.500 bits per heavy atom. The molecule has 46 heavy (non-hydrogen) atoms. The summed E-state index contributed by atoms with van der Waals surface area (Å²) in [4.78, 5) is 5.66. The summed E-state index contributed by atoms with van der Waals surface area (Å²) in [5.41, 5.74) is 7.22. The van der Waals surface area contributed by atoms with Crippen LogP contribution in [0.25, 0.3) is 0 Å². The summed E-state index contributed by atoms with van der Waals surface area (Å²) in [6.07, 6.45) is 8.86. The van der Waals surface area contributed by atoms with E-state index in [4.69, 9.17) is 0 Å². The monoisotopic (exact) mass is 610 g/mol. The van der Waals surface area contributed by atoms with E-state index in [1.807, 2.05) is 0 Å². The summed E-state index contributed by atoms with van der Waals surface area (Å²) in [5.74, 6) is 0.529. The molecule has 6 atom stereocenters. The highest BCUT2D eigenvalue weighted by molar-refractivity contribution is 5.37. The lowest BCUT2D eigenvalue weighted by atomic mass is 9.88. The van der Waals surface area contributed by atoms with Crippen molar-refractivity contribution in [3.63, 3.8) is 0 Å². The van der Waals surface area contributed by atoms with Crippen LogP contribution in [0.1, 0.15) is 90.8 Å². The third-order valence-corrected chi connectivity index (χ3v) is 11.7. The van der Waals surface area contributed by atoms with Crippen LogP contribution in [0.2, 0.25) is 0 Å². The van der Waals surface area contributed by atoms with Crippen molar-refractivity contribution in [2.75, 3.05) is 26.2 Å². The molecule has 4 aromatic rings. The average molecular weight is 611 g/mol. The molecule has 238 valence electrons. The highest BCUT2D eigenvalue weighted by Gasteiger charge is 2.42. The Balaban J connectivity index is 1.05. The SMILES string of the molecule is c1ccc(C(c2ccccc2)N2CCC3NCC(c4cccc(C(c5ccccc5)N5CC[C@H]6NCCCC[C@H]65)c4)CCC32)cc1. The molecule has 2 N–H and O–H groups in total. The first kappa shape index (κ1) is 30.1. The minimum absolute atomic E-state index is 0.300. The number of hydrogen-bond acceptors (Lipinski definition) is 4. The summed E-state index contributed by atoms with van der Waals surface area (Å²) in [6.45, 7) is 4.54. The Kier molecular flexibility index (Phi) is 9.04. The van der Waals surface area contributed by atoms with Crippen molar-refractivity contribution >= 4 is 0 Å². The van der Waals surface area contributed by atoms with Gasteiger partial charge in [-0.3, -0.25) is 9.80 Å². The molecule has 4 unspecified atom stereocenters. The van der Waals surface area contributed by atoms with Crippen molar-refractivity contribution in [3.05, 3.63) is 143 Å². The number of benzene rings is 4. The molecule has 0 aromatic heterocycles. The van der Waals surface area contributed by atoms with E-state index in [1.54, 1.807) is 0 Å². The van der Waals surface area contributed by atoms with E-state index < -0.39 is 0 Å². The molecule has 4 nitrogen and oxygen atoms in total. The number of likely N-dealkylation sites (tertiary alicyclic amines) is 2. The van der Waals surface area contributed by atoms with Gasteiger partial charge in [0.15, 0.2) is 0 Å². The summed E-state index contributed by atoms with van der Waals surface area (Å²) in [5, 5.41) is 8.00. The fourth-order valence-electron chi connectivity index (χ4n) is 9.46. The number of rotatable bonds is 7. The summed E-state index contributed by atoms with van der Waals surface area (Å²) >= 11 is 0. The Bertz CT molecular complexity index is 1500. The maximum absolute atomic E-state index is 4.10. The highest BCUT2D eigenvalue weighted by Crippen LogP contribution is 2.41. The third-order valence-electron chi connectivity index (χ3n) is 11.7. The number of fused-ring (bicyclic) bond motifs is 2. The number of nitrogens with zero attached hydrogens (tertiary/aromatic N) is 2. The summed E-state index contributed by atoms with van der Waals surface area (Å²) in [7, 11) is 0. The van der Waals surface area contributed by atoms with Crippen LogP contribution in [0.15, 0.2) is 115 Å². The Morgan fingerprint density at radius 2 is 1.04 bits per heavy atom. The van der Waals surface area contributed by atoms with Gasteiger partial charge in [-0.15, -0.1) is 0 Å². The zero-order chi connectivity index (χ0) is 30.7. The molecule has 0 aliphatic carbocycles. The van der Waals surface area contributed by atoms with Gasteiger partial charge in [-0.2, -0.15) is 0 Å². The predicted molar refractivity (Wildman–Crippen MR) is 189 cm³/mol. The van der Waals surface area contributed by atoms with Crippen LogP contribution in [-0.2, 0) is 0 Å². The van der Waals surface area contributed by atoms with Gasteiger partial charge >= 0.3 is 0 Å². The standard InChI is InChI=1S/C42H50N4/c1-4-13-31(14-5-1)41(32-15-6-2-7-16-32)46-28-25-38-40(46)23-22-36(30-44-38)34-19-12-20-35(29-34)42(33-17-8-3-9-18-33)45-27-24-37-39(45)21-10-11-26-43-37/h1-9,12-20,29,36-44H,10-11,21-28,30H2/t36?,37-,38?,39-,40?,42?/m1/s1. The zero-order valence-electron chi connectivity index (χ0n) is 27.2. The Morgan fingerprint density at radius 3 is 1.67 bits per heavy atom. The molecule has 4 heteroatoms. The summed E-state index contributed by atoms with van der Waals surface area (Å²) in [6, 6.07) is 46.4. The van der Waals surface area contributed by atoms with Crippen LogP contribution in [-0.4, -0.2) is 60.1 Å². The maximum Gasteiger partial charge on any atom is 0.0604 e. The van der Waals surface area contributed by atoms with E-state index in [9.17, 15) is 0 Å². The Hall–Kier alpha value is -3.28. The lowest BCUT2D eigenvalue weighted by molar-refractivity contribution is 0.186. The molecule has 4 aromatic carbocycles. The maximum atomic E-state index is 4.10. The molecule has 0 amide bonds. The minimum Gasteiger partial charge on any atom is -0.312 e. The molecule has 4 heterocycles. The van der Waals surface area contributed by atoms with Gasteiger partial charge in [0.05, 0.1) is 12.1 Å². The van der Waals surface area contributed by atoms with Crippen LogP contribution in [0.3, 0.4) is 0 Å². The zero-order valence-corrected chi connectivity index (χ0v) is 27.2. The van der Waals surface area contributed by atoms with Gasteiger partial charge in [-0.25, -0.2) is 0 Å². The van der Waals surface area contributed by atoms with Gasteiger partial charge in [0.25, 0.3) is 0 Å². The second-order valence-corrected chi connectivity index (χ2v) is 14.2. The third kappa shape index (κ3) is 6.09. The lowest BCUT2D eigenvalue weighted by Gasteiger charge is -2.35. The van der Waals surface area contributed by atoms with Gasteiger partial charge in [0.1, 0.15) is 0 Å². The largest absolute Gasteiger partial charge is 0.312 e. The normalized spacial score (nSPS) is 27.9. The first-order valence-corrected chi connectivity index (χ1v) is 18.1. The molecule has 4 aliphatic rings. The second-order valence-electron chi connectivity index (χ2n) is 14.2. The van der Waals surface area contributed by atoms with E-state index in [2.05, 4.69) is 136 Å². The molecule has 0 radical (unpaired) electrons. The van der Waals surface area contributed by atoms with E-state index in [0.29, 0.717) is 42.2 Å². The van der Waals surface area contributed by atoms with Gasteiger partial charge in [0.2, 0.25) is 0 Å². The van der Waals surface area contributed by atoms with Crippen molar-refractivity contribution in [3.8, 4) is 0 Å². The van der Waals surface area contributed by atoms with Gasteiger partial charge in [0, 0.05) is 43.8 Å². The predicted octanol–water partition coefficient (Wildman–Crippen LogP) is 7.69. The summed E-state index contributed by atoms with van der Waals surface area (Å²) < 4.78 is 0. The molecule has 4 fully saturated rings. The lowest BCUT2D eigenvalue weighted by Crippen LogP contribution is -2.43. The van der Waals surface area contributed by atoms with E-state index in [1.165, 1.54) is 85.9 Å².